The Kier molecular flexibility index (Phi) is 3.69. The third-order valence-electron chi connectivity index (χ3n) is 1.54. The molecular weight excluding hydrogens is 232 g/mol. The molecular formula is C9H13BrN2O. The Morgan fingerprint density at radius 2 is 2.38 bits per heavy atom. The first-order valence-corrected chi connectivity index (χ1v) is 4.93. The van der Waals surface area contributed by atoms with E-state index in [2.05, 4.69) is 26.2 Å². The zero-order valence-corrected chi connectivity index (χ0v) is 9.30. The highest BCUT2D eigenvalue weighted by Crippen LogP contribution is 2.20. The summed E-state index contributed by atoms with van der Waals surface area (Å²) in [6.07, 6.45) is 1.42. The van der Waals surface area contributed by atoms with Crippen molar-refractivity contribution in [3.05, 3.63) is 22.3 Å². The molecule has 0 aliphatic heterocycles. The number of nitrogens with zero attached hydrogens (tertiary/aromatic N) is 1. The van der Waals surface area contributed by atoms with Crippen molar-refractivity contribution in [2.24, 2.45) is 0 Å². The molecule has 0 fully saturated rings. The highest BCUT2D eigenvalue weighted by molar-refractivity contribution is 9.10. The second-order valence-electron chi connectivity index (χ2n) is 3.07. The van der Waals surface area contributed by atoms with E-state index in [-0.39, 0.29) is 6.10 Å². The van der Waals surface area contributed by atoms with Crippen LogP contribution in [-0.4, -0.2) is 22.7 Å². The molecule has 1 aromatic rings. The standard InChI is InChI=1S/C9H13BrN2O/c1-6-3-8(10)9(11-4-6)12-5-7(2)13/h3-4,7,13H,5H2,1-2H3,(H,11,12). The lowest BCUT2D eigenvalue weighted by atomic mass is 10.3. The molecule has 1 unspecified atom stereocenters. The van der Waals surface area contributed by atoms with Gasteiger partial charge in [0.15, 0.2) is 0 Å². The number of halogens is 1. The zero-order chi connectivity index (χ0) is 9.84. The van der Waals surface area contributed by atoms with Gasteiger partial charge in [-0.1, -0.05) is 0 Å². The highest BCUT2D eigenvalue weighted by Gasteiger charge is 2.01. The molecule has 0 bridgehead atoms. The Balaban J connectivity index is 2.67. The molecule has 3 nitrogen and oxygen atoms in total. The topological polar surface area (TPSA) is 45.2 Å². The number of hydrogen-bond acceptors (Lipinski definition) is 3. The van der Waals surface area contributed by atoms with Crippen LogP contribution in [0.25, 0.3) is 0 Å². The van der Waals surface area contributed by atoms with Crippen molar-refractivity contribution in [3.8, 4) is 0 Å². The summed E-state index contributed by atoms with van der Waals surface area (Å²) in [6.45, 7) is 4.22. The van der Waals surface area contributed by atoms with E-state index in [0.717, 1.165) is 15.9 Å². The van der Waals surface area contributed by atoms with Gasteiger partial charge in [0.25, 0.3) is 0 Å². The smallest absolute Gasteiger partial charge is 0.140 e. The van der Waals surface area contributed by atoms with Crippen LogP contribution in [0.5, 0.6) is 0 Å². The number of aliphatic hydroxyl groups excluding tert-OH is 1. The molecule has 0 aromatic carbocycles. The van der Waals surface area contributed by atoms with Crippen LogP contribution >= 0.6 is 15.9 Å². The van der Waals surface area contributed by atoms with Gasteiger partial charge in [0, 0.05) is 12.7 Å². The molecule has 4 heteroatoms. The van der Waals surface area contributed by atoms with E-state index >= 15 is 0 Å². The number of hydrogen-bond donors (Lipinski definition) is 2. The van der Waals surface area contributed by atoms with E-state index in [9.17, 15) is 0 Å². The molecule has 0 spiro atoms. The van der Waals surface area contributed by atoms with Crippen molar-refractivity contribution in [3.63, 3.8) is 0 Å². The number of aryl methyl sites for hydroxylation is 1. The summed E-state index contributed by atoms with van der Waals surface area (Å²) >= 11 is 3.39. The van der Waals surface area contributed by atoms with Gasteiger partial charge in [0.1, 0.15) is 5.82 Å². The third-order valence-corrected chi connectivity index (χ3v) is 2.15. The third kappa shape index (κ3) is 3.32. The number of anilines is 1. The Bertz CT molecular complexity index is 289. The second-order valence-corrected chi connectivity index (χ2v) is 3.93. The molecule has 0 amide bonds. The van der Waals surface area contributed by atoms with Crippen LogP contribution in [0.15, 0.2) is 16.7 Å². The quantitative estimate of drug-likeness (QED) is 0.855. The summed E-state index contributed by atoms with van der Waals surface area (Å²) in [5.74, 6) is 0.770. The van der Waals surface area contributed by atoms with E-state index in [1.54, 1.807) is 13.1 Å². The Labute approximate surface area is 86.3 Å². The largest absolute Gasteiger partial charge is 0.392 e. The van der Waals surface area contributed by atoms with Crippen LogP contribution in [0.4, 0.5) is 5.82 Å². The van der Waals surface area contributed by atoms with Crippen molar-refractivity contribution in [1.82, 2.24) is 4.98 Å². The van der Waals surface area contributed by atoms with Gasteiger partial charge in [0.05, 0.1) is 10.6 Å². The first kappa shape index (κ1) is 10.5. The normalized spacial score (nSPS) is 12.6. The zero-order valence-electron chi connectivity index (χ0n) is 7.71. The summed E-state index contributed by atoms with van der Waals surface area (Å²) in [6, 6.07) is 1.98. The summed E-state index contributed by atoms with van der Waals surface area (Å²) < 4.78 is 0.924. The average molecular weight is 245 g/mol. The van der Waals surface area contributed by atoms with Crippen LogP contribution < -0.4 is 5.32 Å². The van der Waals surface area contributed by atoms with E-state index in [1.807, 2.05) is 13.0 Å². The van der Waals surface area contributed by atoms with Gasteiger partial charge >= 0.3 is 0 Å². The molecule has 1 atom stereocenters. The molecule has 1 aromatic heterocycles. The van der Waals surface area contributed by atoms with Gasteiger partial charge in [0.2, 0.25) is 0 Å². The van der Waals surface area contributed by atoms with Crippen molar-refractivity contribution in [2.75, 3.05) is 11.9 Å². The van der Waals surface area contributed by atoms with Crippen molar-refractivity contribution in [1.29, 1.82) is 0 Å². The van der Waals surface area contributed by atoms with Crippen molar-refractivity contribution >= 4 is 21.7 Å². The Hall–Kier alpha value is -0.610. The maximum absolute atomic E-state index is 9.05. The SMILES string of the molecule is Cc1cnc(NCC(C)O)c(Br)c1. The fourth-order valence-corrected chi connectivity index (χ4v) is 1.51. The Morgan fingerprint density at radius 1 is 1.69 bits per heavy atom. The fourth-order valence-electron chi connectivity index (χ4n) is 0.908. The highest BCUT2D eigenvalue weighted by atomic mass is 79.9. The van der Waals surface area contributed by atoms with Gasteiger partial charge in [-0.05, 0) is 41.4 Å². The van der Waals surface area contributed by atoms with Crippen LogP contribution in [0.1, 0.15) is 12.5 Å². The molecule has 2 N–H and O–H groups in total. The monoisotopic (exact) mass is 244 g/mol. The molecule has 1 rings (SSSR count). The first-order valence-electron chi connectivity index (χ1n) is 4.13. The molecule has 0 radical (unpaired) electrons. The number of rotatable bonds is 3. The van der Waals surface area contributed by atoms with E-state index in [0.29, 0.717) is 6.54 Å². The minimum atomic E-state index is -0.366. The van der Waals surface area contributed by atoms with Gasteiger partial charge in [-0.2, -0.15) is 0 Å². The summed E-state index contributed by atoms with van der Waals surface area (Å²) in [4.78, 5) is 4.18. The van der Waals surface area contributed by atoms with Crippen molar-refractivity contribution < 1.29 is 5.11 Å². The first-order chi connectivity index (χ1) is 6.09. The molecule has 0 saturated heterocycles. The lowest BCUT2D eigenvalue weighted by Gasteiger charge is -2.09. The summed E-state index contributed by atoms with van der Waals surface area (Å²) in [7, 11) is 0. The molecule has 72 valence electrons. The van der Waals surface area contributed by atoms with Crippen molar-refractivity contribution in [2.45, 2.75) is 20.0 Å². The number of pyridine rings is 1. The van der Waals surface area contributed by atoms with Crippen LogP contribution in [-0.2, 0) is 0 Å². The molecule has 13 heavy (non-hydrogen) atoms. The predicted octanol–water partition coefficient (Wildman–Crippen LogP) is 1.95. The van der Waals surface area contributed by atoms with Gasteiger partial charge < -0.3 is 10.4 Å². The lowest BCUT2D eigenvalue weighted by Crippen LogP contribution is -2.16. The summed E-state index contributed by atoms with van der Waals surface area (Å²) in [5, 5.41) is 12.1. The number of nitrogens with one attached hydrogen (secondary N) is 1. The second kappa shape index (κ2) is 4.58. The molecule has 1 heterocycles. The van der Waals surface area contributed by atoms with Gasteiger partial charge in [-0.15, -0.1) is 0 Å². The molecule has 0 saturated carbocycles. The van der Waals surface area contributed by atoms with E-state index in [4.69, 9.17) is 5.11 Å². The lowest BCUT2D eigenvalue weighted by molar-refractivity contribution is 0.208. The maximum atomic E-state index is 9.05. The van der Waals surface area contributed by atoms with Crippen LogP contribution in [0.3, 0.4) is 0 Å². The number of aromatic nitrogens is 1. The van der Waals surface area contributed by atoms with Crippen LogP contribution in [0, 0.1) is 6.92 Å². The Morgan fingerprint density at radius 3 is 2.92 bits per heavy atom. The molecule has 0 aliphatic rings. The number of aliphatic hydroxyl groups is 1. The fraction of sp³-hybridized carbons (Fsp3) is 0.444. The summed E-state index contributed by atoms with van der Waals surface area (Å²) in [5.41, 5.74) is 1.11. The predicted molar refractivity (Wildman–Crippen MR) is 56.8 cm³/mol. The van der Waals surface area contributed by atoms with E-state index < -0.39 is 0 Å². The van der Waals surface area contributed by atoms with Gasteiger partial charge in [-0.3, -0.25) is 0 Å². The maximum Gasteiger partial charge on any atom is 0.140 e. The average Bonchev–Trinajstić information content (AvgIpc) is 2.02. The van der Waals surface area contributed by atoms with E-state index in [1.165, 1.54) is 0 Å². The minimum absolute atomic E-state index is 0.366. The minimum Gasteiger partial charge on any atom is -0.392 e. The van der Waals surface area contributed by atoms with Gasteiger partial charge in [-0.25, -0.2) is 4.98 Å². The van der Waals surface area contributed by atoms with Crippen LogP contribution in [0.2, 0.25) is 0 Å². The molecule has 0 aliphatic carbocycles.